The Morgan fingerprint density at radius 1 is 1.47 bits per heavy atom. The maximum Gasteiger partial charge on any atom is 0.304 e. The van der Waals surface area contributed by atoms with E-state index in [4.69, 9.17) is 16.7 Å². The zero-order chi connectivity index (χ0) is 12.6. The molecule has 0 saturated heterocycles. The van der Waals surface area contributed by atoms with Gasteiger partial charge in [-0.2, -0.15) is 0 Å². The van der Waals surface area contributed by atoms with Crippen LogP contribution in [0.5, 0.6) is 0 Å². The first-order valence-corrected chi connectivity index (χ1v) is 6.34. The average molecular weight is 253 g/mol. The molecule has 0 bridgehead atoms. The normalized spacial score (nSPS) is 17.2. The van der Waals surface area contributed by atoms with Crippen molar-refractivity contribution in [1.29, 1.82) is 0 Å². The van der Waals surface area contributed by atoms with Gasteiger partial charge in [0.2, 0.25) is 0 Å². The first-order chi connectivity index (χ1) is 7.94. The fraction of sp³-hybridized carbons (Fsp3) is 0.500. The monoisotopic (exact) mass is 252 g/mol. The molecule has 0 amide bonds. The summed E-state index contributed by atoms with van der Waals surface area (Å²) in [6.45, 7) is 4.20. The summed E-state index contributed by atoms with van der Waals surface area (Å²) >= 11 is 6.25. The van der Waals surface area contributed by atoms with Crippen LogP contribution in [0.3, 0.4) is 0 Å². The fourth-order valence-corrected chi connectivity index (χ4v) is 2.73. The third-order valence-corrected chi connectivity index (χ3v) is 3.91. The van der Waals surface area contributed by atoms with E-state index in [1.54, 1.807) is 0 Å². The molecule has 1 fully saturated rings. The van der Waals surface area contributed by atoms with Gasteiger partial charge < -0.3 is 5.11 Å². The number of rotatable bonds is 4. The predicted octanol–water partition coefficient (Wildman–Crippen LogP) is 3.97. The molecule has 2 rings (SSSR count). The Morgan fingerprint density at radius 3 is 2.53 bits per heavy atom. The Hall–Kier alpha value is -1.02. The molecule has 0 atom stereocenters. The van der Waals surface area contributed by atoms with E-state index < -0.39 is 5.97 Å². The van der Waals surface area contributed by atoms with Gasteiger partial charge in [-0.25, -0.2) is 0 Å². The largest absolute Gasteiger partial charge is 0.481 e. The van der Waals surface area contributed by atoms with E-state index >= 15 is 0 Å². The summed E-state index contributed by atoms with van der Waals surface area (Å²) in [6.07, 6.45) is 2.12. The van der Waals surface area contributed by atoms with Crippen LogP contribution in [0.4, 0.5) is 0 Å². The van der Waals surface area contributed by atoms with Crippen LogP contribution in [0.2, 0.25) is 5.02 Å². The topological polar surface area (TPSA) is 37.3 Å². The number of carbonyl (C=O) groups is 1. The van der Waals surface area contributed by atoms with E-state index in [0.717, 1.165) is 29.0 Å². The van der Waals surface area contributed by atoms with Gasteiger partial charge in [-0.3, -0.25) is 4.79 Å². The molecule has 1 aliphatic rings. The van der Waals surface area contributed by atoms with Gasteiger partial charge in [0.25, 0.3) is 0 Å². The van der Waals surface area contributed by atoms with Gasteiger partial charge >= 0.3 is 5.97 Å². The molecule has 0 heterocycles. The summed E-state index contributed by atoms with van der Waals surface area (Å²) in [6, 6.07) is 6.02. The maximum atomic E-state index is 10.9. The number of hydrogen-bond donors (Lipinski definition) is 1. The molecule has 0 aliphatic heterocycles. The van der Waals surface area contributed by atoms with E-state index in [9.17, 15) is 4.79 Å². The summed E-state index contributed by atoms with van der Waals surface area (Å²) < 4.78 is 0. The molecule has 2 nitrogen and oxygen atoms in total. The van der Waals surface area contributed by atoms with Gasteiger partial charge in [0.05, 0.1) is 6.42 Å². The summed E-state index contributed by atoms with van der Waals surface area (Å²) in [5.41, 5.74) is 2.06. The molecule has 1 aromatic carbocycles. The second-order valence-electron chi connectivity index (χ2n) is 5.24. The Bertz CT molecular complexity index is 448. The van der Waals surface area contributed by atoms with Crippen LogP contribution in [-0.4, -0.2) is 11.1 Å². The number of halogens is 1. The summed E-state index contributed by atoms with van der Waals surface area (Å²) in [5.74, 6) is -0.335. The van der Waals surface area contributed by atoms with Crippen LogP contribution < -0.4 is 0 Å². The van der Waals surface area contributed by atoms with Gasteiger partial charge in [-0.05, 0) is 36.0 Å². The summed E-state index contributed by atoms with van der Waals surface area (Å²) in [7, 11) is 0. The minimum atomic E-state index is -0.730. The third kappa shape index (κ3) is 2.47. The van der Waals surface area contributed by atoms with Crippen molar-refractivity contribution < 1.29 is 9.90 Å². The van der Waals surface area contributed by atoms with Crippen molar-refractivity contribution in [1.82, 2.24) is 0 Å². The van der Waals surface area contributed by atoms with Crippen molar-refractivity contribution >= 4 is 17.6 Å². The molecule has 92 valence electrons. The van der Waals surface area contributed by atoms with Crippen molar-refractivity contribution in [2.45, 2.75) is 44.4 Å². The second-order valence-corrected chi connectivity index (χ2v) is 5.65. The van der Waals surface area contributed by atoms with E-state index in [-0.39, 0.29) is 11.8 Å². The van der Waals surface area contributed by atoms with Crippen molar-refractivity contribution in [3.05, 3.63) is 34.3 Å². The Kier molecular flexibility index (Phi) is 3.17. The van der Waals surface area contributed by atoms with Crippen LogP contribution in [-0.2, 0) is 10.2 Å². The van der Waals surface area contributed by atoms with E-state index in [0.29, 0.717) is 5.92 Å². The summed E-state index contributed by atoms with van der Waals surface area (Å²) in [5, 5.41) is 9.69. The number of carboxylic acids is 1. The van der Waals surface area contributed by atoms with Gasteiger partial charge in [0.1, 0.15) is 0 Å². The minimum absolute atomic E-state index is 0.148. The number of carboxylic acid groups (broad SMARTS) is 1. The van der Waals surface area contributed by atoms with Crippen LogP contribution in [0.15, 0.2) is 18.2 Å². The molecule has 1 aliphatic carbocycles. The molecule has 0 radical (unpaired) electrons. The highest BCUT2D eigenvalue weighted by molar-refractivity contribution is 6.31. The van der Waals surface area contributed by atoms with E-state index in [2.05, 4.69) is 13.8 Å². The highest BCUT2D eigenvalue weighted by Gasteiger charge is 2.46. The summed E-state index contributed by atoms with van der Waals surface area (Å²) in [4.78, 5) is 10.9. The van der Waals surface area contributed by atoms with E-state index in [1.807, 2.05) is 18.2 Å². The highest BCUT2D eigenvalue weighted by atomic mass is 35.5. The zero-order valence-corrected chi connectivity index (χ0v) is 10.9. The van der Waals surface area contributed by atoms with Gasteiger partial charge in [0, 0.05) is 10.4 Å². The first-order valence-electron chi connectivity index (χ1n) is 5.96. The van der Waals surface area contributed by atoms with Gasteiger partial charge in [-0.15, -0.1) is 0 Å². The van der Waals surface area contributed by atoms with E-state index in [1.165, 1.54) is 0 Å². The van der Waals surface area contributed by atoms with Crippen molar-refractivity contribution in [2.75, 3.05) is 0 Å². The van der Waals surface area contributed by atoms with Gasteiger partial charge in [-0.1, -0.05) is 37.6 Å². The highest BCUT2D eigenvalue weighted by Crippen LogP contribution is 2.51. The lowest BCUT2D eigenvalue weighted by Gasteiger charge is -2.16. The SMILES string of the molecule is CC(C)c1ccc(C2(CC(=O)O)CC2)cc1Cl. The standard InChI is InChI=1S/C14H17ClO2/c1-9(2)11-4-3-10(7-12(11)15)14(5-6-14)8-13(16)17/h3-4,7,9H,5-6,8H2,1-2H3,(H,16,17). The van der Waals surface area contributed by atoms with Crippen LogP contribution >= 0.6 is 11.6 Å². The molecule has 0 spiro atoms. The van der Waals surface area contributed by atoms with Crippen molar-refractivity contribution in [2.24, 2.45) is 0 Å². The third-order valence-electron chi connectivity index (χ3n) is 3.58. The Morgan fingerprint density at radius 2 is 2.12 bits per heavy atom. The molecule has 0 aromatic heterocycles. The van der Waals surface area contributed by atoms with Crippen LogP contribution in [0, 0.1) is 0 Å². The molecular weight excluding hydrogens is 236 g/mol. The minimum Gasteiger partial charge on any atom is -0.481 e. The lowest BCUT2D eigenvalue weighted by atomic mass is 9.90. The predicted molar refractivity (Wildman–Crippen MR) is 68.7 cm³/mol. The first kappa shape index (κ1) is 12.4. The molecule has 1 N–H and O–H groups in total. The molecule has 17 heavy (non-hydrogen) atoms. The maximum absolute atomic E-state index is 10.9. The average Bonchev–Trinajstić information content (AvgIpc) is 2.97. The second kappa shape index (κ2) is 4.34. The lowest BCUT2D eigenvalue weighted by molar-refractivity contribution is -0.137. The zero-order valence-electron chi connectivity index (χ0n) is 10.2. The molecule has 1 saturated carbocycles. The number of benzene rings is 1. The quantitative estimate of drug-likeness (QED) is 0.880. The molecule has 3 heteroatoms. The van der Waals surface area contributed by atoms with Crippen molar-refractivity contribution in [3.8, 4) is 0 Å². The Balaban J connectivity index is 2.29. The van der Waals surface area contributed by atoms with Crippen molar-refractivity contribution in [3.63, 3.8) is 0 Å². The molecular formula is C14H17ClO2. The smallest absolute Gasteiger partial charge is 0.304 e. The molecule has 1 aromatic rings. The van der Waals surface area contributed by atoms with Crippen LogP contribution in [0.1, 0.15) is 50.2 Å². The van der Waals surface area contributed by atoms with Crippen LogP contribution in [0.25, 0.3) is 0 Å². The Labute approximate surface area is 107 Å². The number of aliphatic carboxylic acids is 1. The fourth-order valence-electron chi connectivity index (χ4n) is 2.33. The lowest BCUT2D eigenvalue weighted by Crippen LogP contribution is -2.13. The molecule has 0 unspecified atom stereocenters. The van der Waals surface area contributed by atoms with Gasteiger partial charge in [0.15, 0.2) is 0 Å². The number of hydrogen-bond acceptors (Lipinski definition) is 1.